The largest absolute Gasteiger partial charge is 0.477 e. The first-order chi connectivity index (χ1) is 8.81. The molecule has 0 saturated carbocycles. The van der Waals surface area contributed by atoms with E-state index in [4.69, 9.17) is 9.47 Å². The Labute approximate surface area is 109 Å². The fourth-order valence-corrected chi connectivity index (χ4v) is 2.10. The Hall–Kier alpha value is -1.13. The van der Waals surface area contributed by atoms with Crippen LogP contribution in [-0.4, -0.2) is 31.9 Å². The molecular formula is C14H22N2O2. The molecule has 1 unspecified atom stereocenters. The van der Waals surface area contributed by atoms with Gasteiger partial charge < -0.3 is 14.8 Å². The summed E-state index contributed by atoms with van der Waals surface area (Å²) in [5.41, 5.74) is 2.31. The molecule has 0 aromatic carbocycles. The van der Waals surface area contributed by atoms with Crippen LogP contribution < -0.4 is 10.1 Å². The van der Waals surface area contributed by atoms with Crippen LogP contribution in [0.3, 0.4) is 0 Å². The molecule has 0 aliphatic carbocycles. The van der Waals surface area contributed by atoms with Gasteiger partial charge in [-0.1, -0.05) is 6.92 Å². The molecule has 0 radical (unpaired) electrons. The fraction of sp³-hybridized carbons (Fsp3) is 0.643. The van der Waals surface area contributed by atoms with Crippen LogP contribution in [0.15, 0.2) is 12.1 Å². The van der Waals surface area contributed by atoms with Crippen LogP contribution >= 0.6 is 0 Å². The molecule has 1 aromatic heterocycles. The van der Waals surface area contributed by atoms with Crippen molar-refractivity contribution in [3.05, 3.63) is 23.4 Å². The lowest BCUT2D eigenvalue weighted by Crippen LogP contribution is -2.13. The van der Waals surface area contributed by atoms with E-state index in [-0.39, 0.29) is 0 Å². The average Bonchev–Trinajstić information content (AvgIpc) is 2.89. The number of aromatic nitrogens is 1. The number of aryl methyl sites for hydroxylation is 1. The van der Waals surface area contributed by atoms with Crippen LogP contribution in [0.25, 0.3) is 0 Å². The summed E-state index contributed by atoms with van der Waals surface area (Å²) in [5.74, 6) is 1.26. The maximum absolute atomic E-state index is 5.80. The molecule has 0 spiro atoms. The fourth-order valence-electron chi connectivity index (χ4n) is 2.10. The number of rotatable bonds is 6. The van der Waals surface area contributed by atoms with E-state index in [2.05, 4.69) is 23.3 Å². The lowest BCUT2D eigenvalue weighted by molar-refractivity contribution is 0.165. The van der Waals surface area contributed by atoms with E-state index in [1.165, 1.54) is 5.56 Å². The standard InChI is InChI=1S/C14H22N2O2/c1-3-13-6-12(8-15-2)7-14(16-13)18-10-11-4-5-17-9-11/h6-7,11,15H,3-5,8-10H2,1-2H3. The lowest BCUT2D eigenvalue weighted by atomic mass is 10.1. The third-order valence-electron chi connectivity index (χ3n) is 3.15. The highest BCUT2D eigenvalue weighted by molar-refractivity contribution is 5.25. The van der Waals surface area contributed by atoms with Gasteiger partial charge in [-0.05, 0) is 31.5 Å². The zero-order chi connectivity index (χ0) is 12.8. The van der Waals surface area contributed by atoms with Crippen LogP contribution in [0.5, 0.6) is 5.88 Å². The van der Waals surface area contributed by atoms with Crippen LogP contribution in [0, 0.1) is 5.92 Å². The monoisotopic (exact) mass is 250 g/mol. The highest BCUT2D eigenvalue weighted by Crippen LogP contribution is 2.17. The van der Waals surface area contributed by atoms with Crippen molar-refractivity contribution in [1.29, 1.82) is 0 Å². The first kappa shape index (κ1) is 13.3. The predicted octanol–water partition coefficient (Wildman–Crippen LogP) is 1.78. The van der Waals surface area contributed by atoms with E-state index in [9.17, 15) is 0 Å². The summed E-state index contributed by atoms with van der Waals surface area (Å²) in [7, 11) is 1.95. The Morgan fingerprint density at radius 3 is 3.06 bits per heavy atom. The van der Waals surface area contributed by atoms with Crippen molar-refractivity contribution >= 4 is 0 Å². The van der Waals surface area contributed by atoms with E-state index >= 15 is 0 Å². The second kappa shape index (κ2) is 6.71. The van der Waals surface area contributed by atoms with Crippen LogP contribution in [-0.2, 0) is 17.7 Å². The number of hydrogen-bond acceptors (Lipinski definition) is 4. The second-order valence-electron chi connectivity index (χ2n) is 4.73. The third-order valence-corrected chi connectivity index (χ3v) is 3.15. The van der Waals surface area contributed by atoms with E-state index in [1.807, 2.05) is 13.1 Å². The molecule has 1 N–H and O–H groups in total. The summed E-state index contributed by atoms with van der Waals surface area (Å²) >= 11 is 0. The van der Waals surface area contributed by atoms with Crippen molar-refractivity contribution < 1.29 is 9.47 Å². The number of hydrogen-bond donors (Lipinski definition) is 1. The van der Waals surface area contributed by atoms with Gasteiger partial charge in [-0.3, -0.25) is 0 Å². The summed E-state index contributed by atoms with van der Waals surface area (Å²) in [5, 5.41) is 3.16. The normalized spacial score (nSPS) is 19.1. The number of nitrogens with zero attached hydrogens (tertiary/aromatic N) is 1. The Kier molecular flexibility index (Phi) is 4.96. The van der Waals surface area contributed by atoms with Gasteiger partial charge in [0.15, 0.2) is 0 Å². The van der Waals surface area contributed by atoms with Gasteiger partial charge in [-0.25, -0.2) is 4.98 Å². The quantitative estimate of drug-likeness (QED) is 0.836. The first-order valence-electron chi connectivity index (χ1n) is 6.66. The van der Waals surface area contributed by atoms with Crippen molar-refractivity contribution in [2.24, 2.45) is 5.92 Å². The van der Waals surface area contributed by atoms with Gasteiger partial charge in [-0.15, -0.1) is 0 Å². The summed E-state index contributed by atoms with van der Waals surface area (Å²) in [6.45, 7) is 5.34. The molecule has 18 heavy (non-hydrogen) atoms. The van der Waals surface area contributed by atoms with Crippen LogP contribution in [0.1, 0.15) is 24.6 Å². The summed E-state index contributed by atoms with van der Waals surface area (Å²) in [6.07, 6.45) is 2.03. The molecule has 1 aliphatic rings. The molecule has 2 rings (SSSR count). The molecule has 1 atom stereocenters. The van der Waals surface area contributed by atoms with E-state index in [0.717, 1.165) is 44.2 Å². The molecular weight excluding hydrogens is 228 g/mol. The van der Waals surface area contributed by atoms with Crippen molar-refractivity contribution in [2.45, 2.75) is 26.3 Å². The van der Waals surface area contributed by atoms with Crippen molar-refractivity contribution in [3.63, 3.8) is 0 Å². The summed E-state index contributed by atoms with van der Waals surface area (Å²) < 4.78 is 11.1. The molecule has 4 nitrogen and oxygen atoms in total. The Bertz CT molecular complexity index is 376. The SMILES string of the molecule is CCc1cc(CNC)cc(OCC2CCOC2)n1. The molecule has 1 aliphatic heterocycles. The van der Waals surface area contributed by atoms with E-state index in [1.54, 1.807) is 0 Å². The number of ether oxygens (including phenoxy) is 2. The minimum absolute atomic E-state index is 0.518. The average molecular weight is 250 g/mol. The molecule has 4 heteroatoms. The minimum atomic E-state index is 0.518. The van der Waals surface area contributed by atoms with Crippen LogP contribution in [0.4, 0.5) is 0 Å². The summed E-state index contributed by atoms with van der Waals surface area (Å²) in [6, 6.07) is 4.15. The maximum atomic E-state index is 5.80. The number of nitrogens with one attached hydrogen (secondary N) is 1. The smallest absolute Gasteiger partial charge is 0.213 e. The topological polar surface area (TPSA) is 43.4 Å². The highest BCUT2D eigenvalue weighted by atomic mass is 16.5. The number of pyridine rings is 1. The predicted molar refractivity (Wildman–Crippen MR) is 70.8 cm³/mol. The molecule has 1 saturated heterocycles. The Morgan fingerprint density at radius 2 is 2.39 bits per heavy atom. The minimum Gasteiger partial charge on any atom is -0.477 e. The molecule has 2 heterocycles. The van der Waals surface area contributed by atoms with Crippen molar-refractivity contribution in [1.82, 2.24) is 10.3 Å². The molecule has 0 bridgehead atoms. The van der Waals surface area contributed by atoms with Gasteiger partial charge >= 0.3 is 0 Å². The molecule has 1 aromatic rings. The zero-order valence-corrected chi connectivity index (χ0v) is 11.2. The van der Waals surface area contributed by atoms with Crippen molar-refractivity contribution in [2.75, 3.05) is 26.9 Å². The highest BCUT2D eigenvalue weighted by Gasteiger charge is 2.16. The zero-order valence-electron chi connectivity index (χ0n) is 11.2. The first-order valence-corrected chi connectivity index (χ1v) is 6.66. The van der Waals surface area contributed by atoms with E-state index < -0.39 is 0 Å². The van der Waals surface area contributed by atoms with Gasteiger partial charge in [0.2, 0.25) is 5.88 Å². The molecule has 0 amide bonds. The second-order valence-corrected chi connectivity index (χ2v) is 4.73. The third kappa shape index (κ3) is 3.68. The van der Waals surface area contributed by atoms with E-state index in [0.29, 0.717) is 12.5 Å². The van der Waals surface area contributed by atoms with Gasteiger partial charge in [0.05, 0.1) is 13.2 Å². The van der Waals surface area contributed by atoms with Crippen LogP contribution in [0.2, 0.25) is 0 Å². The molecule has 1 fully saturated rings. The maximum Gasteiger partial charge on any atom is 0.213 e. The van der Waals surface area contributed by atoms with Gasteiger partial charge in [0, 0.05) is 30.8 Å². The van der Waals surface area contributed by atoms with Gasteiger partial charge in [0.1, 0.15) is 0 Å². The summed E-state index contributed by atoms with van der Waals surface area (Å²) in [4.78, 5) is 4.50. The Balaban J connectivity index is 1.98. The van der Waals surface area contributed by atoms with Gasteiger partial charge in [0.25, 0.3) is 0 Å². The van der Waals surface area contributed by atoms with Gasteiger partial charge in [-0.2, -0.15) is 0 Å². The Morgan fingerprint density at radius 1 is 1.50 bits per heavy atom. The molecule has 100 valence electrons. The lowest BCUT2D eigenvalue weighted by Gasteiger charge is -2.12. The van der Waals surface area contributed by atoms with Crippen molar-refractivity contribution in [3.8, 4) is 5.88 Å².